The SMILES string of the molecule is CC(C)(C)c1cc(-c2cccc(-c3cc(C(C)(C)c4ccccc4)cc4oc(-c5ccccc5O)nc34)c2)c2nccc(-c3ccccc3)c2c1. The molecule has 0 aliphatic rings. The third-order valence-corrected chi connectivity index (χ3v) is 10.1. The Morgan fingerprint density at radius 2 is 1.14 bits per heavy atom. The molecule has 4 heteroatoms. The van der Waals surface area contributed by atoms with E-state index in [1.807, 2.05) is 24.4 Å². The second-order valence-electron chi connectivity index (χ2n) is 14.9. The molecule has 0 spiro atoms. The number of aromatic nitrogens is 2. The van der Waals surface area contributed by atoms with Crippen LogP contribution in [0.4, 0.5) is 0 Å². The smallest absolute Gasteiger partial charge is 0.231 e. The van der Waals surface area contributed by atoms with Gasteiger partial charge in [0, 0.05) is 28.1 Å². The second-order valence-corrected chi connectivity index (χ2v) is 14.9. The van der Waals surface area contributed by atoms with Gasteiger partial charge in [-0.1, -0.05) is 126 Å². The number of fused-ring (bicyclic) bond motifs is 2. The Morgan fingerprint density at radius 1 is 0.510 bits per heavy atom. The molecule has 2 heterocycles. The lowest BCUT2D eigenvalue weighted by Crippen LogP contribution is -2.18. The number of nitrogens with zero attached hydrogens (tertiary/aromatic N) is 2. The molecule has 2 aromatic heterocycles. The highest BCUT2D eigenvalue weighted by molar-refractivity contribution is 6.03. The van der Waals surface area contributed by atoms with Crippen LogP contribution in [0.25, 0.3) is 66.8 Å². The molecule has 0 radical (unpaired) electrons. The average Bonchev–Trinajstić information content (AvgIpc) is 3.58. The quantitative estimate of drug-likeness (QED) is 0.192. The number of rotatable bonds is 6. The fraction of sp³-hybridized carbons (Fsp3) is 0.149. The Hall–Kier alpha value is -6.00. The van der Waals surface area contributed by atoms with Gasteiger partial charge in [0.05, 0.1) is 11.1 Å². The van der Waals surface area contributed by atoms with Gasteiger partial charge in [-0.05, 0) is 92.9 Å². The fourth-order valence-corrected chi connectivity index (χ4v) is 7.03. The fourth-order valence-electron chi connectivity index (χ4n) is 7.03. The van der Waals surface area contributed by atoms with Gasteiger partial charge < -0.3 is 9.52 Å². The van der Waals surface area contributed by atoms with Gasteiger partial charge in [-0.2, -0.15) is 0 Å². The zero-order chi connectivity index (χ0) is 35.3. The summed E-state index contributed by atoms with van der Waals surface area (Å²) in [6.45, 7) is 11.3. The number of phenolic OH excluding ortho intramolecular Hbond substituents is 1. The summed E-state index contributed by atoms with van der Waals surface area (Å²) in [5.41, 5.74) is 12.6. The van der Waals surface area contributed by atoms with Gasteiger partial charge >= 0.3 is 0 Å². The minimum atomic E-state index is -0.321. The minimum absolute atomic E-state index is 0.0754. The van der Waals surface area contributed by atoms with Crippen LogP contribution in [0.2, 0.25) is 0 Å². The van der Waals surface area contributed by atoms with Crippen LogP contribution in [0.1, 0.15) is 51.3 Å². The van der Waals surface area contributed by atoms with E-state index in [2.05, 4.69) is 144 Å². The molecule has 51 heavy (non-hydrogen) atoms. The molecule has 250 valence electrons. The van der Waals surface area contributed by atoms with Crippen molar-refractivity contribution >= 4 is 22.0 Å². The molecule has 0 amide bonds. The van der Waals surface area contributed by atoms with Crippen molar-refractivity contribution in [3.05, 3.63) is 162 Å². The predicted octanol–water partition coefficient (Wildman–Crippen LogP) is 12.4. The highest BCUT2D eigenvalue weighted by atomic mass is 16.3. The molecule has 0 aliphatic carbocycles. The lowest BCUT2D eigenvalue weighted by Gasteiger charge is -2.26. The number of hydrogen-bond acceptors (Lipinski definition) is 4. The number of oxazole rings is 1. The van der Waals surface area contributed by atoms with Crippen LogP contribution in [-0.2, 0) is 10.8 Å². The van der Waals surface area contributed by atoms with Crippen molar-refractivity contribution in [3.63, 3.8) is 0 Å². The Morgan fingerprint density at radius 3 is 1.84 bits per heavy atom. The Kier molecular flexibility index (Phi) is 7.83. The number of hydrogen-bond donors (Lipinski definition) is 1. The number of phenols is 1. The number of para-hydroxylation sites is 1. The predicted molar refractivity (Wildman–Crippen MR) is 210 cm³/mol. The number of pyridine rings is 1. The first-order chi connectivity index (χ1) is 24.6. The van der Waals surface area contributed by atoms with Gasteiger partial charge in [-0.25, -0.2) is 4.98 Å². The summed E-state index contributed by atoms with van der Waals surface area (Å²) in [5, 5.41) is 11.9. The molecule has 4 nitrogen and oxygen atoms in total. The molecule has 0 atom stereocenters. The van der Waals surface area contributed by atoms with Gasteiger partial charge in [0.15, 0.2) is 5.58 Å². The molecular formula is C47H40N2O2. The monoisotopic (exact) mass is 664 g/mol. The van der Waals surface area contributed by atoms with Crippen molar-refractivity contribution in [2.24, 2.45) is 0 Å². The lowest BCUT2D eigenvalue weighted by molar-refractivity contribution is 0.474. The topological polar surface area (TPSA) is 59.2 Å². The molecule has 0 bridgehead atoms. The molecule has 8 rings (SSSR count). The highest BCUT2D eigenvalue weighted by Gasteiger charge is 2.27. The van der Waals surface area contributed by atoms with Crippen molar-refractivity contribution in [2.45, 2.75) is 45.4 Å². The van der Waals surface area contributed by atoms with E-state index in [0.717, 1.165) is 44.2 Å². The van der Waals surface area contributed by atoms with Gasteiger partial charge in [0.25, 0.3) is 0 Å². The third kappa shape index (κ3) is 5.87. The number of benzene rings is 6. The number of aromatic hydroxyl groups is 1. The molecule has 6 aromatic carbocycles. The van der Waals surface area contributed by atoms with Crippen molar-refractivity contribution in [1.29, 1.82) is 0 Å². The molecule has 0 unspecified atom stereocenters. The van der Waals surface area contributed by atoms with Gasteiger partial charge in [-0.3, -0.25) is 4.98 Å². The van der Waals surface area contributed by atoms with Crippen LogP contribution >= 0.6 is 0 Å². The first-order valence-corrected chi connectivity index (χ1v) is 17.5. The van der Waals surface area contributed by atoms with Crippen LogP contribution < -0.4 is 0 Å². The maximum Gasteiger partial charge on any atom is 0.231 e. The molecule has 0 saturated heterocycles. The Labute approximate surface area is 299 Å². The Balaban J connectivity index is 1.36. The summed E-state index contributed by atoms with van der Waals surface area (Å²) < 4.78 is 6.47. The summed E-state index contributed by atoms with van der Waals surface area (Å²) >= 11 is 0. The standard InChI is InChI=1S/C47H40N2O2/c1-46(2,3)34-26-38(43-40(27-34)36(23-24-48-43)30-15-8-6-9-16-30)31-17-14-18-32(25-31)39-28-35(47(4,5)33-19-10-7-11-20-33)29-42-44(39)49-45(51-42)37-21-12-13-22-41(37)50/h6-29,50H,1-5H3. The van der Waals surface area contributed by atoms with Gasteiger partial charge in [-0.15, -0.1) is 0 Å². The molecule has 0 saturated carbocycles. The van der Waals surface area contributed by atoms with Crippen molar-refractivity contribution < 1.29 is 9.52 Å². The Bertz CT molecular complexity index is 2540. The molecular weight excluding hydrogens is 625 g/mol. The van der Waals surface area contributed by atoms with E-state index in [4.69, 9.17) is 14.4 Å². The van der Waals surface area contributed by atoms with E-state index < -0.39 is 0 Å². The largest absolute Gasteiger partial charge is 0.507 e. The van der Waals surface area contributed by atoms with E-state index >= 15 is 0 Å². The molecule has 0 fully saturated rings. The van der Waals surface area contributed by atoms with E-state index in [1.165, 1.54) is 22.3 Å². The van der Waals surface area contributed by atoms with Gasteiger partial charge in [0.1, 0.15) is 11.3 Å². The van der Waals surface area contributed by atoms with E-state index in [9.17, 15) is 5.11 Å². The van der Waals surface area contributed by atoms with E-state index in [1.54, 1.807) is 12.1 Å². The minimum Gasteiger partial charge on any atom is -0.507 e. The molecule has 1 N–H and O–H groups in total. The maximum absolute atomic E-state index is 10.7. The van der Waals surface area contributed by atoms with Crippen LogP contribution in [0.5, 0.6) is 5.75 Å². The van der Waals surface area contributed by atoms with Crippen LogP contribution in [-0.4, -0.2) is 15.1 Å². The first kappa shape index (κ1) is 32.2. The first-order valence-electron chi connectivity index (χ1n) is 17.5. The molecule has 8 aromatic rings. The zero-order valence-electron chi connectivity index (χ0n) is 29.6. The summed E-state index contributed by atoms with van der Waals surface area (Å²) in [6.07, 6.45) is 1.92. The average molecular weight is 665 g/mol. The summed E-state index contributed by atoms with van der Waals surface area (Å²) in [6, 6.07) is 48.0. The van der Waals surface area contributed by atoms with Crippen LogP contribution in [0, 0.1) is 0 Å². The summed E-state index contributed by atoms with van der Waals surface area (Å²) in [5.74, 6) is 0.516. The van der Waals surface area contributed by atoms with E-state index in [-0.39, 0.29) is 16.6 Å². The lowest BCUT2D eigenvalue weighted by atomic mass is 9.77. The normalized spacial score (nSPS) is 12.1. The van der Waals surface area contributed by atoms with Gasteiger partial charge in [0.2, 0.25) is 5.89 Å². The zero-order valence-corrected chi connectivity index (χ0v) is 29.6. The summed E-state index contributed by atoms with van der Waals surface area (Å²) in [4.78, 5) is 10.0. The van der Waals surface area contributed by atoms with Crippen molar-refractivity contribution in [2.75, 3.05) is 0 Å². The molecule has 0 aliphatic heterocycles. The second kappa shape index (κ2) is 12.4. The van der Waals surface area contributed by atoms with E-state index in [0.29, 0.717) is 17.0 Å². The highest BCUT2D eigenvalue weighted by Crippen LogP contribution is 2.43. The third-order valence-electron chi connectivity index (χ3n) is 10.1. The summed E-state index contributed by atoms with van der Waals surface area (Å²) in [7, 11) is 0. The van der Waals surface area contributed by atoms with Crippen LogP contribution in [0.15, 0.2) is 150 Å². The van der Waals surface area contributed by atoms with Crippen molar-refractivity contribution in [1.82, 2.24) is 9.97 Å². The van der Waals surface area contributed by atoms with Crippen molar-refractivity contribution in [3.8, 4) is 50.6 Å². The maximum atomic E-state index is 10.7. The van der Waals surface area contributed by atoms with Crippen LogP contribution in [0.3, 0.4) is 0 Å².